The molecule has 29 heavy (non-hydrogen) atoms. The Bertz CT molecular complexity index is 813. The number of carbonyl (C=O) groups excluding carboxylic acids is 1. The van der Waals surface area contributed by atoms with Crippen LogP contribution in [0.5, 0.6) is 0 Å². The van der Waals surface area contributed by atoms with Crippen molar-refractivity contribution in [3.05, 3.63) is 75.6 Å². The molecule has 0 heterocycles. The second-order valence-corrected chi connectivity index (χ2v) is 7.80. The number of hydrogen-bond donors (Lipinski definition) is 1. The molecule has 0 atom stereocenters. The summed E-state index contributed by atoms with van der Waals surface area (Å²) in [5.74, 6) is 0.847. The lowest BCUT2D eigenvalue weighted by atomic mass is 9.78. The van der Waals surface area contributed by atoms with E-state index >= 15 is 0 Å². The van der Waals surface area contributed by atoms with Gasteiger partial charge in [-0.15, -0.1) is 0 Å². The van der Waals surface area contributed by atoms with E-state index in [0.29, 0.717) is 23.8 Å². The highest BCUT2D eigenvalue weighted by molar-refractivity contribution is 5.95. The largest absolute Gasteiger partial charge is 0.316 e. The Morgan fingerprint density at radius 2 is 1.69 bits per heavy atom. The number of nitrogens with zero attached hydrogens (tertiary/aromatic N) is 1. The first-order valence-electron chi connectivity index (χ1n) is 10.3. The van der Waals surface area contributed by atoms with Gasteiger partial charge in [0.15, 0.2) is 5.78 Å². The fraction of sp³-hybridized carbons (Fsp3) is 0.435. The number of non-ortho nitro benzene ring substituents is 1. The van der Waals surface area contributed by atoms with Crippen LogP contribution in [0.25, 0.3) is 0 Å². The molecule has 1 aliphatic rings. The zero-order valence-corrected chi connectivity index (χ0v) is 16.5. The van der Waals surface area contributed by atoms with Crippen LogP contribution in [0.2, 0.25) is 0 Å². The molecule has 0 spiro atoms. The first-order chi connectivity index (χ1) is 14.0. The molecule has 2 aromatic carbocycles. The number of nitrogens with one attached hydrogen (secondary N) is 1. The lowest BCUT2D eigenvalue weighted by Crippen LogP contribution is -2.27. The SMILES string of the molecule is O=C(CCCNCC1CCC(c2ccc([N+](=O)[O-])cc2)CC1)c1ccc(F)cc1. The highest BCUT2D eigenvalue weighted by Crippen LogP contribution is 2.36. The third-order valence-corrected chi connectivity index (χ3v) is 5.78. The second-order valence-electron chi connectivity index (χ2n) is 7.80. The van der Waals surface area contributed by atoms with Gasteiger partial charge in [0.25, 0.3) is 5.69 Å². The third kappa shape index (κ3) is 6.19. The Hall–Kier alpha value is -2.60. The minimum Gasteiger partial charge on any atom is -0.316 e. The van der Waals surface area contributed by atoms with Crippen LogP contribution in [0.1, 0.15) is 60.4 Å². The molecule has 0 bridgehead atoms. The van der Waals surface area contributed by atoms with E-state index in [9.17, 15) is 19.3 Å². The van der Waals surface area contributed by atoms with Gasteiger partial charge >= 0.3 is 0 Å². The van der Waals surface area contributed by atoms with E-state index in [1.165, 1.54) is 29.8 Å². The Morgan fingerprint density at radius 3 is 2.31 bits per heavy atom. The zero-order valence-electron chi connectivity index (χ0n) is 16.5. The van der Waals surface area contributed by atoms with E-state index in [-0.39, 0.29) is 22.2 Å². The average molecular weight is 398 g/mol. The summed E-state index contributed by atoms with van der Waals surface area (Å²) in [6.45, 7) is 1.76. The number of Topliss-reactive ketones (excluding diaryl/α,β-unsaturated/α-hetero) is 1. The normalized spacial score (nSPS) is 19.1. The van der Waals surface area contributed by atoms with Crippen LogP contribution in [0.15, 0.2) is 48.5 Å². The molecular weight excluding hydrogens is 371 g/mol. The first kappa shape index (κ1) is 21.1. The molecule has 1 fully saturated rings. The fourth-order valence-corrected chi connectivity index (χ4v) is 4.03. The molecule has 0 amide bonds. The van der Waals surface area contributed by atoms with Gasteiger partial charge in [0, 0.05) is 24.1 Å². The van der Waals surface area contributed by atoms with Crippen LogP contribution in [-0.4, -0.2) is 23.8 Å². The molecule has 0 aromatic heterocycles. The monoisotopic (exact) mass is 398 g/mol. The highest BCUT2D eigenvalue weighted by atomic mass is 19.1. The van der Waals surface area contributed by atoms with Gasteiger partial charge in [-0.25, -0.2) is 4.39 Å². The summed E-state index contributed by atoms with van der Waals surface area (Å²) in [7, 11) is 0. The maximum atomic E-state index is 12.9. The number of nitro groups is 1. The molecule has 0 aliphatic heterocycles. The molecule has 3 rings (SSSR count). The quantitative estimate of drug-likeness (QED) is 0.271. The number of halogens is 1. The van der Waals surface area contributed by atoms with Crippen molar-refractivity contribution in [1.29, 1.82) is 0 Å². The van der Waals surface area contributed by atoms with Gasteiger partial charge in [0.05, 0.1) is 4.92 Å². The van der Waals surface area contributed by atoms with Crippen molar-refractivity contribution >= 4 is 11.5 Å². The minimum atomic E-state index is -0.362. The molecule has 5 nitrogen and oxygen atoms in total. The van der Waals surface area contributed by atoms with E-state index in [2.05, 4.69) is 5.32 Å². The van der Waals surface area contributed by atoms with Crippen LogP contribution < -0.4 is 5.32 Å². The molecule has 0 unspecified atom stereocenters. The van der Waals surface area contributed by atoms with Gasteiger partial charge in [-0.2, -0.15) is 0 Å². The molecule has 1 saturated carbocycles. The summed E-state index contributed by atoms with van der Waals surface area (Å²) in [6.07, 6.45) is 5.73. The van der Waals surface area contributed by atoms with E-state index in [1.54, 1.807) is 12.1 Å². The molecule has 1 aliphatic carbocycles. The van der Waals surface area contributed by atoms with Crippen molar-refractivity contribution in [3.8, 4) is 0 Å². The van der Waals surface area contributed by atoms with E-state index in [4.69, 9.17) is 0 Å². The summed E-state index contributed by atoms with van der Waals surface area (Å²) < 4.78 is 12.9. The summed E-state index contributed by atoms with van der Waals surface area (Å²) in [5, 5.41) is 14.2. The van der Waals surface area contributed by atoms with Gasteiger partial charge in [0.1, 0.15) is 5.82 Å². The van der Waals surface area contributed by atoms with Crippen molar-refractivity contribution in [1.82, 2.24) is 5.32 Å². The predicted molar refractivity (Wildman–Crippen MR) is 111 cm³/mol. The fourth-order valence-electron chi connectivity index (χ4n) is 4.03. The van der Waals surface area contributed by atoms with Crippen LogP contribution in [-0.2, 0) is 0 Å². The topological polar surface area (TPSA) is 72.2 Å². The maximum absolute atomic E-state index is 12.9. The van der Waals surface area contributed by atoms with Crippen molar-refractivity contribution < 1.29 is 14.1 Å². The van der Waals surface area contributed by atoms with Gasteiger partial charge in [-0.3, -0.25) is 14.9 Å². The summed E-state index contributed by atoms with van der Waals surface area (Å²) in [6, 6.07) is 12.7. The third-order valence-electron chi connectivity index (χ3n) is 5.78. The van der Waals surface area contributed by atoms with Crippen molar-refractivity contribution in [2.45, 2.75) is 44.4 Å². The van der Waals surface area contributed by atoms with Crippen LogP contribution >= 0.6 is 0 Å². The zero-order chi connectivity index (χ0) is 20.6. The molecule has 2 aromatic rings. The molecule has 0 radical (unpaired) electrons. The van der Waals surface area contributed by atoms with Crippen molar-refractivity contribution in [2.24, 2.45) is 5.92 Å². The van der Waals surface area contributed by atoms with Crippen LogP contribution in [0.3, 0.4) is 0 Å². The Morgan fingerprint density at radius 1 is 1.03 bits per heavy atom. The lowest BCUT2D eigenvalue weighted by molar-refractivity contribution is -0.384. The van der Waals surface area contributed by atoms with Gasteiger partial charge < -0.3 is 5.32 Å². The van der Waals surface area contributed by atoms with E-state index in [1.807, 2.05) is 12.1 Å². The summed E-state index contributed by atoms with van der Waals surface area (Å²) >= 11 is 0. The van der Waals surface area contributed by atoms with Crippen molar-refractivity contribution in [2.75, 3.05) is 13.1 Å². The second kappa shape index (κ2) is 10.3. The lowest BCUT2D eigenvalue weighted by Gasteiger charge is -2.29. The van der Waals surface area contributed by atoms with Crippen LogP contribution in [0, 0.1) is 21.8 Å². The average Bonchev–Trinajstić information content (AvgIpc) is 2.74. The molecule has 1 N–H and O–H groups in total. The number of carbonyl (C=O) groups is 1. The smallest absolute Gasteiger partial charge is 0.269 e. The molecule has 6 heteroatoms. The number of benzene rings is 2. The van der Waals surface area contributed by atoms with Gasteiger partial charge in [-0.1, -0.05) is 12.1 Å². The summed E-state index contributed by atoms with van der Waals surface area (Å²) in [5.41, 5.74) is 1.90. The molecule has 0 saturated heterocycles. The standard InChI is InChI=1S/C23H27FN2O3/c24-21-11-7-20(8-12-21)23(27)2-1-15-25-16-17-3-5-18(6-4-17)19-9-13-22(14-10-19)26(28)29/h7-14,17-18,25H,1-6,15-16H2. The number of rotatable bonds is 9. The summed E-state index contributed by atoms with van der Waals surface area (Å²) in [4.78, 5) is 22.5. The predicted octanol–water partition coefficient (Wildman–Crippen LogP) is 5.26. The Labute approximate surface area is 170 Å². The minimum absolute atomic E-state index is 0.0513. The van der Waals surface area contributed by atoms with E-state index < -0.39 is 0 Å². The van der Waals surface area contributed by atoms with Crippen molar-refractivity contribution in [3.63, 3.8) is 0 Å². The Kier molecular flexibility index (Phi) is 7.47. The highest BCUT2D eigenvalue weighted by Gasteiger charge is 2.22. The van der Waals surface area contributed by atoms with Gasteiger partial charge in [0.2, 0.25) is 0 Å². The molecule has 154 valence electrons. The number of nitro benzene ring substituents is 1. The number of hydrogen-bond acceptors (Lipinski definition) is 4. The first-order valence-corrected chi connectivity index (χ1v) is 10.3. The molecular formula is C23H27FN2O3. The number of ketones is 1. The van der Waals surface area contributed by atoms with Crippen LogP contribution in [0.4, 0.5) is 10.1 Å². The van der Waals surface area contributed by atoms with Gasteiger partial charge in [-0.05, 0) is 86.9 Å². The maximum Gasteiger partial charge on any atom is 0.269 e. The Balaban J connectivity index is 1.31. The van der Waals surface area contributed by atoms with E-state index in [0.717, 1.165) is 45.2 Å².